The molecule has 0 atom stereocenters. The minimum absolute atomic E-state index is 0.121. The zero-order valence-electron chi connectivity index (χ0n) is 13.4. The predicted molar refractivity (Wildman–Crippen MR) is 87.6 cm³/mol. The van der Waals surface area contributed by atoms with Gasteiger partial charge < -0.3 is 14.6 Å². The molecule has 0 radical (unpaired) electrons. The van der Waals surface area contributed by atoms with Gasteiger partial charge in [-0.2, -0.15) is 0 Å². The first-order valence-corrected chi connectivity index (χ1v) is 7.41. The number of nitrogens with zero attached hydrogens (tertiary/aromatic N) is 2. The summed E-state index contributed by atoms with van der Waals surface area (Å²) in [5, 5.41) is 9.68. The van der Waals surface area contributed by atoms with Crippen molar-refractivity contribution in [1.29, 1.82) is 0 Å². The Morgan fingerprint density at radius 1 is 1.26 bits per heavy atom. The fourth-order valence-electron chi connectivity index (χ4n) is 2.58. The third kappa shape index (κ3) is 3.59. The third-order valence-corrected chi connectivity index (χ3v) is 3.58. The Hall–Kier alpha value is -2.63. The monoisotopic (exact) mass is 316 g/mol. The number of pyridine rings is 1. The van der Waals surface area contributed by atoms with E-state index < -0.39 is 11.9 Å². The molecule has 2 aromatic rings. The lowest BCUT2D eigenvalue weighted by atomic mass is 10.1. The maximum absolute atomic E-state index is 12.8. The van der Waals surface area contributed by atoms with Crippen molar-refractivity contribution in [2.75, 3.05) is 13.1 Å². The molecule has 2 rings (SSSR count). The number of carbonyl (C=O) groups is 2. The summed E-state index contributed by atoms with van der Waals surface area (Å²) < 4.78 is 1.47. The fourth-order valence-corrected chi connectivity index (χ4v) is 2.58. The predicted octanol–water partition coefficient (Wildman–Crippen LogP) is 1.72. The van der Waals surface area contributed by atoms with Gasteiger partial charge in [0.25, 0.3) is 11.5 Å². The Balaban J connectivity index is 2.57. The molecule has 0 saturated heterocycles. The molecular formula is C17H20N2O4. The minimum atomic E-state index is -1.08. The molecular weight excluding hydrogens is 296 g/mol. The van der Waals surface area contributed by atoms with Crippen LogP contribution in [0.25, 0.3) is 10.9 Å². The van der Waals surface area contributed by atoms with Crippen LogP contribution in [0.5, 0.6) is 0 Å². The molecule has 1 aromatic heterocycles. The number of para-hydroxylation sites is 1. The van der Waals surface area contributed by atoms with Crippen LogP contribution in [0.1, 0.15) is 24.2 Å². The van der Waals surface area contributed by atoms with Gasteiger partial charge in [-0.3, -0.25) is 14.4 Å². The van der Waals surface area contributed by atoms with E-state index in [-0.39, 0.29) is 23.6 Å². The second kappa shape index (κ2) is 6.64. The quantitative estimate of drug-likeness (QED) is 0.911. The van der Waals surface area contributed by atoms with Crippen LogP contribution in [-0.4, -0.2) is 39.5 Å². The van der Waals surface area contributed by atoms with E-state index in [1.807, 2.05) is 13.8 Å². The summed E-state index contributed by atoms with van der Waals surface area (Å²) >= 11 is 0. The first-order chi connectivity index (χ1) is 10.8. The normalized spacial score (nSPS) is 11.0. The van der Waals surface area contributed by atoms with E-state index in [9.17, 15) is 14.4 Å². The van der Waals surface area contributed by atoms with Gasteiger partial charge in [-0.15, -0.1) is 0 Å². The van der Waals surface area contributed by atoms with Crippen LogP contribution in [0.2, 0.25) is 0 Å². The van der Waals surface area contributed by atoms with Crippen molar-refractivity contribution >= 4 is 22.8 Å². The van der Waals surface area contributed by atoms with E-state index in [0.717, 1.165) is 0 Å². The van der Waals surface area contributed by atoms with Crippen LogP contribution in [0, 0.1) is 5.92 Å². The number of hydrogen-bond donors (Lipinski definition) is 1. The van der Waals surface area contributed by atoms with Crippen LogP contribution < -0.4 is 5.56 Å². The molecule has 6 nitrogen and oxygen atoms in total. The zero-order valence-corrected chi connectivity index (χ0v) is 13.4. The molecule has 6 heteroatoms. The van der Waals surface area contributed by atoms with Gasteiger partial charge in [0.15, 0.2) is 0 Å². The summed E-state index contributed by atoms with van der Waals surface area (Å²) in [5.74, 6) is -1.39. The molecule has 1 N–H and O–H groups in total. The van der Waals surface area contributed by atoms with Crippen LogP contribution in [0.3, 0.4) is 0 Å². The molecule has 0 fully saturated rings. The van der Waals surface area contributed by atoms with Gasteiger partial charge in [-0.25, -0.2) is 0 Å². The summed E-state index contributed by atoms with van der Waals surface area (Å²) in [4.78, 5) is 37.2. The highest BCUT2D eigenvalue weighted by Crippen LogP contribution is 2.18. The molecule has 122 valence electrons. The van der Waals surface area contributed by atoms with E-state index >= 15 is 0 Å². The average molecular weight is 316 g/mol. The first kappa shape index (κ1) is 16.7. The van der Waals surface area contributed by atoms with E-state index in [1.54, 1.807) is 31.3 Å². The number of carbonyl (C=O) groups excluding carboxylic acids is 1. The molecule has 0 bridgehead atoms. The minimum Gasteiger partial charge on any atom is -0.480 e. The van der Waals surface area contributed by atoms with Crippen LogP contribution >= 0.6 is 0 Å². The molecule has 23 heavy (non-hydrogen) atoms. The SMILES string of the molecule is CC(C)CN(CC(=O)O)C(=O)c1cc(=O)n(C)c2ccccc12. The van der Waals surface area contributed by atoms with Crippen LogP contribution in [0.15, 0.2) is 35.1 Å². The highest BCUT2D eigenvalue weighted by Gasteiger charge is 2.22. The number of amides is 1. The molecule has 1 heterocycles. The van der Waals surface area contributed by atoms with Crippen molar-refractivity contribution in [3.05, 3.63) is 46.2 Å². The summed E-state index contributed by atoms with van der Waals surface area (Å²) in [6.45, 7) is 3.74. The Morgan fingerprint density at radius 2 is 1.91 bits per heavy atom. The Bertz CT molecular complexity index is 808. The Kier molecular flexibility index (Phi) is 4.83. The molecule has 0 aliphatic heterocycles. The molecule has 0 spiro atoms. The lowest BCUT2D eigenvalue weighted by Crippen LogP contribution is -2.39. The first-order valence-electron chi connectivity index (χ1n) is 7.41. The van der Waals surface area contributed by atoms with Gasteiger partial charge in [0, 0.05) is 25.0 Å². The number of rotatable bonds is 5. The van der Waals surface area contributed by atoms with Crippen molar-refractivity contribution in [2.45, 2.75) is 13.8 Å². The zero-order chi connectivity index (χ0) is 17.1. The summed E-state index contributed by atoms with van der Waals surface area (Å²) in [6, 6.07) is 8.38. The number of carboxylic acids is 1. The van der Waals surface area contributed by atoms with E-state index in [0.29, 0.717) is 17.4 Å². The van der Waals surface area contributed by atoms with E-state index in [1.165, 1.54) is 15.5 Å². The molecule has 1 aromatic carbocycles. The second-order valence-corrected chi connectivity index (χ2v) is 5.95. The van der Waals surface area contributed by atoms with Gasteiger partial charge in [0.2, 0.25) is 0 Å². The molecule has 0 aliphatic carbocycles. The van der Waals surface area contributed by atoms with Crippen LogP contribution in [-0.2, 0) is 11.8 Å². The van der Waals surface area contributed by atoms with Gasteiger partial charge >= 0.3 is 5.97 Å². The molecule has 0 saturated carbocycles. The number of benzene rings is 1. The maximum Gasteiger partial charge on any atom is 0.323 e. The standard InChI is InChI=1S/C17H20N2O4/c1-11(2)9-19(10-16(21)22)17(23)13-8-15(20)18(3)14-7-5-4-6-12(13)14/h4-8,11H,9-10H2,1-3H3,(H,21,22). The summed E-state index contributed by atoms with van der Waals surface area (Å²) in [7, 11) is 1.64. The van der Waals surface area contributed by atoms with Crippen molar-refractivity contribution in [2.24, 2.45) is 13.0 Å². The van der Waals surface area contributed by atoms with Crippen molar-refractivity contribution in [3.8, 4) is 0 Å². The number of fused-ring (bicyclic) bond motifs is 1. The number of aryl methyl sites for hydroxylation is 1. The Morgan fingerprint density at radius 3 is 2.52 bits per heavy atom. The summed E-state index contributed by atoms with van der Waals surface area (Å²) in [5.41, 5.74) is 0.584. The highest BCUT2D eigenvalue weighted by molar-refractivity contribution is 6.06. The van der Waals surface area contributed by atoms with E-state index in [2.05, 4.69) is 0 Å². The van der Waals surface area contributed by atoms with Gasteiger partial charge in [0.05, 0.1) is 11.1 Å². The lowest BCUT2D eigenvalue weighted by molar-refractivity contribution is -0.137. The van der Waals surface area contributed by atoms with Crippen LogP contribution in [0.4, 0.5) is 0 Å². The highest BCUT2D eigenvalue weighted by atomic mass is 16.4. The third-order valence-electron chi connectivity index (χ3n) is 3.58. The fraction of sp³-hybridized carbons (Fsp3) is 0.353. The Labute approximate surface area is 134 Å². The van der Waals surface area contributed by atoms with Crippen molar-refractivity contribution in [1.82, 2.24) is 9.47 Å². The average Bonchev–Trinajstić information content (AvgIpc) is 2.48. The summed E-state index contributed by atoms with van der Waals surface area (Å²) in [6.07, 6.45) is 0. The number of carboxylic acid groups (broad SMARTS) is 1. The van der Waals surface area contributed by atoms with Gasteiger partial charge in [-0.05, 0) is 12.0 Å². The largest absolute Gasteiger partial charge is 0.480 e. The van der Waals surface area contributed by atoms with E-state index in [4.69, 9.17) is 5.11 Å². The second-order valence-electron chi connectivity index (χ2n) is 5.95. The topological polar surface area (TPSA) is 79.6 Å². The number of aromatic nitrogens is 1. The van der Waals surface area contributed by atoms with Crippen molar-refractivity contribution < 1.29 is 14.7 Å². The molecule has 0 aliphatic rings. The van der Waals surface area contributed by atoms with Crippen molar-refractivity contribution in [3.63, 3.8) is 0 Å². The lowest BCUT2D eigenvalue weighted by Gasteiger charge is -2.23. The maximum atomic E-state index is 12.8. The number of hydrogen-bond acceptors (Lipinski definition) is 3. The van der Waals surface area contributed by atoms with Gasteiger partial charge in [-0.1, -0.05) is 32.0 Å². The smallest absolute Gasteiger partial charge is 0.323 e. The van der Waals surface area contributed by atoms with Gasteiger partial charge in [0.1, 0.15) is 6.54 Å². The molecule has 0 unspecified atom stereocenters. The number of aliphatic carboxylic acids is 1. The molecule has 1 amide bonds.